The van der Waals surface area contributed by atoms with Gasteiger partial charge in [0.1, 0.15) is 0 Å². The molecule has 0 atom stereocenters. The maximum Gasteiger partial charge on any atom is 0.358 e. The molecule has 0 saturated carbocycles. The number of carbonyl (C=O) groups is 1. The van der Waals surface area contributed by atoms with E-state index in [1.54, 1.807) is 17.1 Å². The summed E-state index contributed by atoms with van der Waals surface area (Å²) in [5.74, 6) is -1.06. The van der Waals surface area contributed by atoms with Gasteiger partial charge in [-0.25, -0.2) is 9.48 Å². The van der Waals surface area contributed by atoms with Crippen LogP contribution in [0.25, 0.3) is 16.7 Å². The molecule has 0 spiro atoms. The summed E-state index contributed by atoms with van der Waals surface area (Å²) in [6, 6.07) is 5.48. The number of hydrogen-bond donors (Lipinski definition) is 1. The molecule has 1 aromatic carbocycles. The van der Waals surface area contributed by atoms with Gasteiger partial charge < -0.3 is 5.11 Å². The average molecular weight is 283 g/mol. The number of benzene rings is 1. The lowest BCUT2D eigenvalue weighted by Crippen LogP contribution is -2.07. The second kappa shape index (κ2) is 5.28. The van der Waals surface area contributed by atoms with Gasteiger partial charge in [0, 0.05) is 12.4 Å². The van der Waals surface area contributed by atoms with Crippen molar-refractivity contribution in [1.82, 2.24) is 25.0 Å². The molecule has 0 unspecified atom stereocenters. The normalized spacial score (nSPS) is 10.9. The van der Waals surface area contributed by atoms with Crippen LogP contribution < -0.4 is 0 Å². The quantitative estimate of drug-likeness (QED) is 0.785. The minimum Gasteiger partial charge on any atom is -0.476 e. The summed E-state index contributed by atoms with van der Waals surface area (Å²) >= 11 is 0. The number of hydrogen-bond acceptors (Lipinski definition) is 5. The van der Waals surface area contributed by atoms with E-state index in [-0.39, 0.29) is 5.69 Å². The van der Waals surface area contributed by atoms with E-state index in [1.165, 1.54) is 0 Å². The molecule has 0 radical (unpaired) electrons. The summed E-state index contributed by atoms with van der Waals surface area (Å²) in [7, 11) is 0. The lowest BCUT2D eigenvalue weighted by molar-refractivity contribution is 0.0689. The highest BCUT2D eigenvalue weighted by Crippen LogP contribution is 2.18. The second-order valence-corrected chi connectivity index (χ2v) is 4.58. The van der Waals surface area contributed by atoms with Crippen molar-refractivity contribution in [2.45, 2.75) is 19.8 Å². The molecule has 0 amide bonds. The number of carboxylic acid groups (broad SMARTS) is 1. The van der Waals surface area contributed by atoms with Gasteiger partial charge in [0.05, 0.1) is 22.4 Å². The summed E-state index contributed by atoms with van der Waals surface area (Å²) in [6.45, 7) is 1.98. The van der Waals surface area contributed by atoms with Gasteiger partial charge in [-0.2, -0.15) is 0 Å². The number of rotatable bonds is 4. The first-order chi connectivity index (χ1) is 10.2. The first-order valence-electron chi connectivity index (χ1n) is 6.59. The van der Waals surface area contributed by atoms with E-state index in [2.05, 4.69) is 20.3 Å². The van der Waals surface area contributed by atoms with E-state index in [4.69, 9.17) is 0 Å². The molecular weight excluding hydrogens is 270 g/mol. The van der Waals surface area contributed by atoms with E-state index >= 15 is 0 Å². The largest absolute Gasteiger partial charge is 0.476 e. The Morgan fingerprint density at radius 2 is 2.00 bits per heavy atom. The third-order valence-corrected chi connectivity index (χ3v) is 3.15. The zero-order valence-corrected chi connectivity index (χ0v) is 11.4. The topological polar surface area (TPSA) is 93.8 Å². The van der Waals surface area contributed by atoms with Crippen molar-refractivity contribution < 1.29 is 9.90 Å². The van der Waals surface area contributed by atoms with Gasteiger partial charge in [-0.3, -0.25) is 9.97 Å². The Morgan fingerprint density at radius 1 is 1.24 bits per heavy atom. The van der Waals surface area contributed by atoms with Gasteiger partial charge in [0.25, 0.3) is 0 Å². The van der Waals surface area contributed by atoms with Crippen LogP contribution in [-0.4, -0.2) is 36.0 Å². The molecule has 7 nitrogen and oxygen atoms in total. The van der Waals surface area contributed by atoms with Gasteiger partial charge in [-0.15, -0.1) is 5.10 Å². The van der Waals surface area contributed by atoms with Gasteiger partial charge >= 0.3 is 5.97 Å². The smallest absolute Gasteiger partial charge is 0.358 e. The summed E-state index contributed by atoms with van der Waals surface area (Å²) in [5, 5.41) is 16.9. The number of nitrogens with zero attached hydrogens (tertiary/aromatic N) is 5. The maximum atomic E-state index is 11.2. The average Bonchev–Trinajstić information content (AvgIpc) is 2.91. The third-order valence-electron chi connectivity index (χ3n) is 3.15. The van der Waals surface area contributed by atoms with E-state index < -0.39 is 5.97 Å². The first kappa shape index (κ1) is 13.2. The monoisotopic (exact) mass is 283 g/mol. The Kier molecular flexibility index (Phi) is 3.31. The Morgan fingerprint density at radius 3 is 2.71 bits per heavy atom. The fourth-order valence-electron chi connectivity index (χ4n) is 2.22. The van der Waals surface area contributed by atoms with E-state index in [0.29, 0.717) is 12.1 Å². The number of fused-ring (bicyclic) bond motifs is 1. The van der Waals surface area contributed by atoms with Crippen molar-refractivity contribution in [2.24, 2.45) is 0 Å². The first-order valence-corrected chi connectivity index (χ1v) is 6.59. The van der Waals surface area contributed by atoms with Crippen LogP contribution in [0.3, 0.4) is 0 Å². The molecule has 0 bridgehead atoms. The van der Waals surface area contributed by atoms with Crippen LogP contribution >= 0.6 is 0 Å². The molecule has 0 fully saturated rings. The van der Waals surface area contributed by atoms with Crippen molar-refractivity contribution in [2.75, 3.05) is 0 Å². The van der Waals surface area contributed by atoms with Crippen molar-refractivity contribution in [3.05, 3.63) is 42.0 Å². The third kappa shape index (κ3) is 2.33. The molecule has 0 aliphatic rings. The standard InChI is InChI=1S/C14H13N5O2/c1-2-3-12-13(14(20)21)17-18-19(12)9-4-5-10-11(8-9)16-7-6-15-10/h4-8H,2-3H2,1H3,(H,20,21). The predicted molar refractivity (Wildman–Crippen MR) is 75.4 cm³/mol. The van der Waals surface area contributed by atoms with Crippen LogP contribution in [0.4, 0.5) is 0 Å². The SMILES string of the molecule is CCCc1c(C(=O)O)nnn1-c1ccc2nccnc2c1. The van der Waals surface area contributed by atoms with Crippen LogP contribution in [0.1, 0.15) is 29.5 Å². The fraction of sp³-hybridized carbons (Fsp3) is 0.214. The second-order valence-electron chi connectivity index (χ2n) is 4.58. The Bertz CT molecular complexity index is 812. The zero-order valence-electron chi connectivity index (χ0n) is 11.4. The molecular formula is C14H13N5O2. The highest BCUT2D eigenvalue weighted by atomic mass is 16.4. The molecule has 3 aromatic rings. The molecule has 106 valence electrons. The summed E-state index contributed by atoms with van der Waals surface area (Å²) < 4.78 is 1.56. The Labute approximate surface area is 120 Å². The highest BCUT2D eigenvalue weighted by Gasteiger charge is 2.19. The van der Waals surface area contributed by atoms with Crippen LogP contribution in [0.5, 0.6) is 0 Å². The van der Waals surface area contributed by atoms with Crippen LogP contribution in [0.15, 0.2) is 30.6 Å². The fourth-order valence-corrected chi connectivity index (χ4v) is 2.22. The lowest BCUT2D eigenvalue weighted by Gasteiger charge is -2.06. The molecule has 7 heteroatoms. The lowest BCUT2D eigenvalue weighted by atomic mass is 10.2. The van der Waals surface area contributed by atoms with E-state index in [9.17, 15) is 9.90 Å². The van der Waals surface area contributed by atoms with Crippen LogP contribution in [-0.2, 0) is 6.42 Å². The molecule has 0 saturated heterocycles. The van der Waals surface area contributed by atoms with Crippen LogP contribution in [0.2, 0.25) is 0 Å². The minimum atomic E-state index is -1.06. The number of aromatic carboxylic acids is 1. The summed E-state index contributed by atoms with van der Waals surface area (Å²) in [5.41, 5.74) is 2.82. The Hall–Kier alpha value is -2.83. The molecule has 0 aliphatic carbocycles. The molecule has 1 N–H and O–H groups in total. The van der Waals surface area contributed by atoms with Gasteiger partial charge in [0.2, 0.25) is 0 Å². The van der Waals surface area contributed by atoms with Crippen molar-refractivity contribution in [3.63, 3.8) is 0 Å². The number of carboxylic acids is 1. The van der Waals surface area contributed by atoms with Crippen LogP contribution in [0, 0.1) is 0 Å². The molecule has 2 heterocycles. The van der Waals surface area contributed by atoms with E-state index in [1.807, 2.05) is 25.1 Å². The predicted octanol–water partition coefficient (Wildman–Crippen LogP) is 1.86. The molecule has 2 aromatic heterocycles. The van der Waals surface area contributed by atoms with Crippen molar-refractivity contribution in [3.8, 4) is 5.69 Å². The minimum absolute atomic E-state index is 0.00362. The molecule has 3 rings (SSSR count). The van der Waals surface area contributed by atoms with Crippen molar-refractivity contribution in [1.29, 1.82) is 0 Å². The summed E-state index contributed by atoms with van der Waals surface area (Å²) in [4.78, 5) is 19.7. The number of aromatic nitrogens is 5. The highest BCUT2D eigenvalue weighted by molar-refractivity contribution is 5.86. The van der Waals surface area contributed by atoms with Gasteiger partial charge in [0.15, 0.2) is 5.69 Å². The van der Waals surface area contributed by atoms with Gasteiger partial charge in [-0.05, 0) is 24.6 Å². The zero-order chi connectivity index (χ0) is 14.8. The molecule has 0 aliphatic heterocycles. The molecule has 21 heavy (non-hydrogen) atoms. The Balaban J connectivity index is 2.15. The van der Waals surface area contributed by atoms with Gasteiger partial charge in [-0.1, -0.05) is 18.6 Å². The van der Waals surface area contributed by atoms with Crippen molar-refractivity contribution >= 4 is 17.0 Å². The summed E-state index contributed by atoms with van der Waals surface area (Å²) in [6.07, 6.45) is 4.64. The van der Waals surface area contributed by atoms with E-state index in [0.717, 1.165) is 23.1 Å². The maximum absolute atomic E-state index is 11.2.